The van der Waals surface area contributed by atoms with Crippen LogP contribution in [-0.4, -0.2) is 45.8 Å². The van der Waals surface area contributed by atoms with E-state index in [1.54, 1.807) is 5.57 Å². The van der Waals surface area contributed by atoms with Crippen LogP contribution in [0, 0.1) is 17.3 Å². The molecule has 3 aliphatic rings. The Morgan fingerprint density at radius 3 is 2.52 bits per heavy atom. The average Bonchev–Trinajstić information content (AvgIpc) is 2.95. The van der Waals surface area contributed by atoms with Gasteiger partial charge >= 0.3 is 0 Å². The Balaban J connectivity index is 1.66. The van der Waals surface area contributed by atoms with Crippen LogP contribution < -0.4 is 0 Å². The van der Waals surface area contributed by atoms with E-state index in [0.29, 0.717) is 44.1 Å². The lowest BCUT2D eigenvalue weighted by molar-refractivity contribution is -0.0454. The lowest BCUT2D eigenvalue weighted by atomic mass is 9.62. The fraction of sp³-hybridized carbons (Fsp3) is 0.840. The molecular weight excluding hydrogens is 364 g/mol. The monoisotopic (exact) mass is 406 g/mol. The van der Waals surface area contributed by atoms with Gasteiger partial charge in [0.05, 0.1) is 23.9 Å². The molecule has 0 radical (unpaired) electrons. The molecule has 3 saturated carbocycles. The first kappa shape index (κ1) is 23.0. The van der Waals surface area contributed by atoms with E-state index in [1.807, 2.05) is 13.8 Å². The van der Waals surface area contributed by atoms with E-state index in [9.17, 15) is 15.3 Å². The van der Waals surface area contributed by atoms with Crippen LogP contribution >= 0.6 is 0 Å². The number of ether oxygens (including phenoxy) is 1. The van der Waals surface area contributed by atoms with Crippen LogP contribution in [0.3, 0.4) is 0 Å². The molecule has 0 aromatic heterocycles. The summed E-state index contributed by atoms with van der Waals surface area (Å²) in [7, 11) is 0. The minimum atomic E-state index is -0.670. The maximum Gasteiger partial charge on any atom is 0.0613 e. The summed E-state index contributed by atoms with van der Waals surface area (Å²) in [5, 5.41) is 29.8. The molecule has 6 atom stereocenters. The molecular formula is C25H42O4. The molecule has 0 aliphatic heterocycles. The maximum atomic E-state index is 9.94. The Morgan fingerprint density at radius 2 is 1.86 bits per heavy atom. The third-order valence-corrected chi connectivity index (χ3v) is 7.77. The van der Waals surface area contributed by atoms with Gasteiger partial charge in [-0.1, -0.05) is 30.2 Å². The van der Waals surface area contributed by atoms with Crippen molar-refractivity contribution in [2.75, 3.05) is 6.61 Å². The Morgan fingerprint density at radius 1 is 1.17 bits per heavy atom. The largest absolute Gasteiger partial charge is 0.393 e. The van der Waals surface area contributed by atoms with Gasteiger partial charge in [-0.25, -0.2) is 0 Å². The third-order valence-electron chi connectivity index (χ3n) is 7.77. The minimum absolute atomic E-state index is 0.216. The van der Waals surface area contributed by atoms with Gasteiger partial charge < -0.3 is 20.1 Å². The third kappa shape index (κ3) is 5.72. The molecule has 4 heteroatoms. The van der Waals surface area contributed by atoms with Crippen molar-refractivity contribution in [2.24, 2.45) is 17.3 Å². The second kappa shape index (κ2) is 9.21. The van der Waals surface area contributed by atoms with Crippen LogP contribution in [0.5, 0.6) is 0 Å². The number of hydrogen-bond donors (Lipinski definition) is 3. The maximum absolute atomic E-state index is 9.94. The van der Waals surface area contributed by atoms with Crippen molar-refractivity contribution in [1.29, 1.82) is 0 Å². The van der Waals surface area contributed by atoms with E-state index in [-0.39, 0.29) is 11.5 Å². The number of aliphatic hydroxyl groups excluding tert-OH is 2. The molecule has 0 spiro atoms. The molecule has 0 aromatic rings. The van der Waals surface area contributed by atoms with Crippen molar-refractivity contribution >= 4 is 0 Å². The molecule has 0 heterocycles. The quantitative estimate of drug-likeness (QED) is 0.606. The van der Waals surface area contributed by atoms with E-state index in [4.69, 9.17) is 4.74 Å². The molecule has 4 nitrogen and oxygen atoms in total. The second-order valence-corrected chi connectivity index (χ2v) is 10.8. The Hall–Kier alpha value is -0.680. The fourth-order valence-electron chi connectivity index (χ4n) is 6.19. The van der Waals surface area contributed by atoms with Gasteiger partial charge in [0.1, 0.15) is 0 Å². The summed E-state index contributed by atoms with van der Waals surface area (Å²) in [4.78, 5) is 0. The Bertz CT molecular complexity index is 605. The average molecular weight is 407 g/mol. The summed E-state index contributed by atoms with van der Waals surface area (Å²) < 4.78 is 6.18. The number of rotatable bonds is 6. The highest BCUT2D eigenvalue weighted by atomic mass is 16.5. The standard InChI is InChI=1S/C25H42O4/c1-17(29-13-12-24(2,3)28)22-9-10-23-19(6-5-11-25(22,23)4)8-7-18-14-20(26)16-21(27)15-18/h7-8,17,20-23,26-28H,5-6,9-16H2,1-4H3/b19-8+/t17-,20+,21+,22+,23-,25-/m0/s1. The molecule has 3 aliphatic carbocycles. The smallest absolute Gasteiger partial charge is 0.0613 e. The van der Waals surface area contributed by atoms with Crippen molar-refractivity contribution in [2.45, 2.75) is 109 Å². The molecule has 0 saturated heterocycles. The molecule has 3 N–H and O–H groups in total. The first-order valence-electron chi connectivity index (χ1n) is 11.7. The second-order valence-electron chi connectivity index (χ2n) is 10.8. The highest BCUT2D eigenvalue weighted by Gasteiger charge is 2.51. The van der Waals surface area contributed by atoms with Crippen LogP contribution in [-0.2, 0) is 4.74 Å². The Kier molecular flexibility index (Phi) is 7.31. The van der Waals surface area contributed by atoms with Crippen LogP contribution in [0.15, 0.2) is 23.3 Å². The zero-order valence-corrected chi connectivity index (χ0v) is 18.9. The predicted octanol–water partition coefficient (Wildman–Crippen LogP) is 4.53. The topological polar surface area (TPSA) is 69.9 Å². The van der Waals surface area contributed by atoms with Gasteiger partial charge in [0.25, 0.3) is 0 Å². The number of fused-ring (bicyclic) bond motifs is 1. The summed E-state index contributed by atoms with van der Waals surface area (Å²) in [5.41, 5.74) is 2.33. The summed E-state index contributed by atoms with van der Waals surface area (Å²) in [6.45, 7) is 8.96. The summed E-state index contributed by atoms with van der Waals surface area (Å²) in [5.74, 6) is 1.17. The predicted molar refractivity (Wildman–Crippen MR) is 117 cm³/mol. The minimum Gasteiger partial charge on any atom is -0.393 e. The molecule has 3 fully saturated rings. The molecule has 0 aromatic carbocycles. The summed E-state index contributed by atoms with van der Waals surface area (Å²) in [6.07, 6.45) is 12.5. The summed E-state index contributed by atoms with van der Waals surface area (Å²) >= 11 is 0. The normalized spacial score (nSPS) is 38.2. The highest BCUT2D eigenvalue weighted by Crippen LogP contribution is 2.58. The number of allylic oxidation sites excluding steroid dienone is 3. The van der Waals surface area contributed by atoms with Crippen molar-refractivity contribution in [3.05, 3.63) is 23.3 Å². The number of aliphatic hydroxyl groups is 3. The molecule has 29 heavy (non-hydrogen) atoms. The zero-order chi connectivity index (χ0) is 21.2. The van der Waals surface area contributed by atoms with Gasteiger partial charge in [-0.2, -0.15) is 0 Å². The van der Waals surface area contributed by atoms with Gasteiger partial charge in [0, 0.05) is 6.61 Å². The highest BCUT2D eigenvalue weighted by molar-refractivity contribution is 5.26. The fourth-order valence-corrected chi connectivity index (χ4v) is 6.19. The Labute approximate surface area is 177 Å². The van der Waals surface area contributed by atoms with Gasteiger partial charge in [-0.05, 0) is 95.8 Å². The molecule has 166 valence electrons. The van der Waals surface area contributed by atoms with Crippen molar-refractivity contribution in [1.82, 2.24) is 0 Å². The summed E-state index contributed by atoms with van der Waals surface area (Å²) in [6, 6.07) is 0. The molecule has 0 unspecified atom stereocenters. The molecule has 0 bridgehead atoms. The van der Waals surface area contributed by atoms with Gasteiger partial charge in [-0.15, -0.1) is 0 Å². The van der Waals surface area contributed by atoms with Crippen molar-refractivity contribution < 1.29 is 20.1 Å². The van der Waals surface area contributed by atoms with E-state index in [1.165, 1.54) is 31.3 Å². The van der Waals surface area contributed by atoms with Gasteiger partial charge in [-0.3, -0.25) is 0 Å². The van der Waals surface area contributed by atoms with E-state index in [0.717, 1.165) is 6.42 Å². The lowest BCUT2D eigenvalue weighted by Gasteiger charge is -2.44. The molecule has 0 amide bonds. The van der Waals surface area contributed by atoms with Crippen molar-refractivity contribution in [3.8, 4) is 0 Å². The number of hydrogen-bond acceptors (Lipinski definition) is 4. The first-order chi connectivity index (χ1) is 13.6. The van der Waals surface area contributed by atoms with Crippen molar-refractivity contribution in [3.63, 3.8) is 0 Å². The van der Waals surface area contributed by atoms with Crippen LogP contribution in [0.1, 0.15) is 85.5 Å². The first-order valence-corrected chi connectivity index (χ1v) is 11.7. The van der Waals surface area contributed by atoms with Crippen LogP contribution in [0.2, 0.25) is 0 Å². The van der Waals surface area contributed by atoms with Crippen LogP contribution in [0.4, 0.5) is 0 Å². The van der Waals surface area contributed by atoms with E-state index < -0.39 is 17.8 Å². The van der Waals surface area contributed by atoms with E-state index in [2.05, 4.69) is 26.0 Å². The molecule has 3 rings (SSSR count). The SMILES string of the molecule is C[C@H](OCCC(C)(C)O)[C@H]1CC[C@H]2/C(=C/C=C3C[C@@H](O)C[C@H](O)C3)CCC[C@@]12C. The van der Waals surface area contributed by atoms with Gasteiger partial charge in [0.15, 0.2) is 0 Å². The lowest BCUT2D eigenvalue weighted by Crippen LogP contribution is -2.39. The van der Waals surface area contributed by atoms with E-state index >= 15 is 0 Å². The van der Waals surface area contributed by atoms with Gasteiger partial charge in [0.2, 0.25) is 0 Å². The zero-order valence-electron chi connectivity index (χ0n) is 18.9. The van der Waals surface area contributed by atoms with Crippen LogP contribution in [0.25, 0.3) is 0 Å².